The maximum absolute atomic E-state index is 14.0. The standard InChI is InChI=1S/C26H26F3N3O4/c1-15-11-31(14-30-15)21-6-5-17(7-22(21)35-4)8-23-25(34)32(12-16(2)36-23)26(3,13-33)18-9-19(27)24(29)20(28)10-18/h5-11,14,16,33H,12-13H2,1-4H3/t16-,26+/m0/s1. The van der Waals surface area contributed by atoms with Crippen LogP contribution in [0.2, 0.25) is 0 Å². The Morgan fingerprint density at radius 2 is 1.94 bits per heavy atom. The van der Waals surface area contributed by atoms with Gasteiger partial charge in [0.25, 0.3) is 5.91 Å². The molecule has 0 aliphatic carbocycles. The van der Waals surface area contributed by atoms with Gasteiger partial charge < -0.3 is 24.0 Å². The summed E-state index contributed by atoms with van der Waals surface area (Å²) in [4.78, 5) is 18.9. The van der Waals surface area contributed by atoms with Gasteiger partial charge in [0.05, 0.1) is 43.5 Å². The zero-order chi connectivity index (χ0) is 26.2. The van der Waals surface area contributed by atoms with Gasteiger partial charge in [0.15, 0.2) is 23.2 Å². The normalized spacial score (nSPS) is 18.8. The number of hydrogen-bond donors (Lipinski definition) is 1. The van der Waals surface area contributed by atoms with Crippen molar-refractivity contribution in [2.45, 2.75) is 32.4 Å². The van der Waals surface area contributed by atoms with Crippen molar-refractivity contribution in [2.75, 3.05) is 20.3 Å². The fourth-order valence-corrected chi connectivity index (χ4v) is 4.20. The smallest absolute Gasteiger partial charge is 0.289 e. The Morgan fingerprint density at radius 1 is 1.25 bits per heavy atom. The van der Waals surface area contributed by atoms with Gasteiger partial charge >= 0.3 is 0 Å². The summed E-state index contributed by atoms with van der Waals surface area (Å²) >= 11 is 0. The Kier molecular flexibility index (Phi) is 6.81. The number of carbonyl (C=O) groups excluding carboxylic acids is 1. The fraction of sp³-hybridized carbons (Fsp3) is 0.308. The number of morpholine rings is 1. The second kappa shape index (κ2) is 9.69. The van der Waals surface area contributed by atoms with E-state index in [-0.39, 0.29) is 17.9 Å². The lowest BCUT2D eigenvalue weighted by Crippen LogP contribution is -2.56. The first-order valence-electron chi connectivity index (χ1n) is 11.2. The Morgan fingerprint density at radius 3 is 2.53 bits per heavy atom. The van der Waals surface area contributed by atoms with Crippen LogP contribution in [0.1, 0.15) is 30.7 Å². The number of methoxy groups -OCH3 is 1. The molecule has 2 heterocycles. The first-order valence-corrected chi connectivity index (χ1v) is 11.2. The zero-order valence-corrected chi connectivity index (χ0v) is 20.3. The third kappa shape index (κ3) is 4.56. The highest BCUT2D eigenvalue weighted by molar-refractivity contribution is 5.97. The van der Waals surface area contributed by atoms with Crippen LogP contribution in [0.3, 0.4) is 0 Å². The molecular weight excluding hydrogens is 475 g/mol. The Balaban J connectivity index is 1.71. The lowest BCUT2D eigenvalue weighted by Gasteiger charge is -2.44. The molecule has 2 atom stereocenters. The molecule has 4 rings (SSSR count). The maximum atomic E-state index is 14.0. The molecule has 3 aromatic rings. The number of amides is 1. The van der Waals surface area contributed by atoms with E-state index in [4.69, 9.17) is 9.47 Å². The van der Waals surface area contributed by atoms with Crippen LogP contribution in [0.4, 0.5) is 13.2 Å². The van der Waals surface area contributed by atoms with Crippen LogP contribution in [0, 0.1) is 24.4 Å². The van der Waals surface area contributed by atoms with E-state index in [0.29, 0.717) is 11.3 Å². The number of rotatable bonds is 6. The highest BCUT2D eigenvalue weighted by Gasteiger charge is 2.43. The zero-order valence-electron chi connectivity index (χ0n) is 20.3. The van der Waals surface area contributed by atoms with Crippen LogP contribution >= 0.6 is 0 Å². The van der Waals surface area contributed by atoms with Crippen molar-refractivity contribution in [1.29, 1.82) is 0 Å². The molecule has 0 spiro atoms. The predicted molar refractivity (Wildman–Crippen MR) is 126 cm³/mol. The van der Waals surface area contributed by atoms with Gasteiger partial charge in [-0.25, -0.2) is 18.2 Å². The van der Waals surface area contributed by atoms with Crippen molar-refractivity contribution in [3.63, 3.8) is 0 Å². The van der Waals surface area contributed by atoms with E-state index in [1.807, 2.05) is 23.8 Å². The molecule has 190 valence electrons. The van der Waals surface area contributed by atoms with Crippen LogP contribution in [0.25, 0.3) is 11.8 Å². The largest absolute Gasteiger partial charge is 0.495 e. The van der Waals surface area contributed by atoms with E-state index in [1.54, 1.807) is 25.4 Å². The maximum Gasteiger partial charge on any atom is 0.289 e. The molecule has 2 aromatic carbocycles. The average molecular weight is 502 g/mol. The van der Waals surface area contributed by atoms with E-state index >= 15 is 0 Å². The van der Waals surface area contributed by atoms with Crippen molar-refractivity contribution in [1.82, 2.24) is 14.5 Å². The number of aryl methyl sites for hydroxylation is 1. The van der Waals surface area contributed by atoms with E-state index in [1.165, 1.54) is 25.0 Å². The molecule has 10 heteroatoms. The van der Waals surface area contributed by atoms with Gasteiger partial charge in [-0.05, 0) is 62.2 Å². The highest BCUT2D eigenvalue weighted by Crippen LogP contribution is 2.35. The lowest BCUT2D eigenvalue weighted by molar-refractivity contribution is -0.149. The fourth-order valence-electron chi connectivity index (χ4n) is 4.20. The van der Waals surface area contributed by atoms with Crippen LogP contribution in [-0.2, 0) is 15.1 Å². The quantitative estimate of drug-likeness (QED) is 0.407. The van der Waals surface area contributed by atoms with Gasteiger partial charge in [0.1, 0.15) is 11.9 Å². The third-order valence-electron chi connectivity index (χ3n) is 6.22. The number of hydrogen-bond acceptors (Lipinski definition) is 5. The summed E-state index contributed by atoms with van der Waals surface area (Å²) in [6.45, 7) is 4.43. The van der Waals surface area contributed by atoms with Gasteiger partial charge in [0, 0.05) is 6.20 Å². The molecule has 1 aliphatic heterocycles. The van der Waals surface area contributed by atoms with E-state index in [0.717, 1.165) is 23.5 Å². The second-order valence-electron chi connectivity index (χ2n) is 8.89. The van der Waals surface area contributed by atoms with Gasteiger partial charge in [-0.15, -0.1) is 0 Å². The SMILES string of the molecule is COc1cc(C=C2O[C@@H](C)CN([C@](C)(CO)c3cc(F)c(F)c(F)c3)C2=O)ccc1-n1cnc(C)c1. The first kappa shape index (κ1) is 25.3. The molecule has 1 aliphatic rings. The molecule has 1 aromatic heterocycles. The molecule has 1 fully saturated rings. The molecular formula is C26H26F3N3O4. The van der Waals surface area contributed by atoms with Crippen molar-refractivity contribution >= 4 is 12.0 Å². The predicted octanol–water partition coefficient (Wildman–Crippen LogP) is 4.10. The topological polar surface area (TPSA) is 76.8 Å². The summed E-state index contributed by atoms with van der Waals surface area (Å²) in [5, 5.41) is 10.2. The minimum Gasteiger partial charge on any atom is -0.495 e. The summed E-state index contributed by atoms with van der Waals surface area (Å²) in [5.74, 6) is -4.52. The number of aromatic nitrogens is 2. The van der Waals surface area contributed by atoms with Crippen molar-refractivity contribution in [2.24, 2.45) is 0 Å². The van der Waals surface area contributed by atoms with Crippen LogP contribution in [-0.4, -0.2) is 51.8 Å². The molecule has 1 saturated heterocycles. The number of carbonyl (C=O) groups is 1. The molecule has 1 N–H and O–H groups in total. The minimum absolute atomic E-state index is 0.0234. The Hall–Kier alpha value is -3.79. The first-order chi connectivity index (χ1) is 17.1. The molecule has 36 heavy (non-hydrogen) atoms. The number of benzene rings is 2. The van der Waals surface area contributed by atoms with Crippen LogP contribution in [0.5, 0.6) is 5.75 Å². The molecule has 0 radical (unpaired) electrons. The lowest BCUT2D eigenvalue weighted by atomic mass is 9.89. The van der Waals surface area contributed by atoms with Crippen molar-refractivity contribution in [3.8, 4) is 11.4 Å². The number of halogens is 3. The number of imidazole rings is 1. The van der Waals surface area contributed by atoms with Crippen LogP contribution in [0.15, 0.2) is 48.6 Å². The average Bonchev–Trinajstić information content (AvgIpc) is 3.29. The van der Waals surface area contributed by atoms with Crippen molar-refractivity contribution < 1.29 is 32.5 Å². The van der Waals surface area contributed by atoms with E-state index < -0.39 is 41.6 Å². The summed E-state index contributed by atoms with van der Waals surface area (Å²) < 4.78 is 54.6. The number of nitrogens with zero attached hydrogens (tertiary/aromatic N) is 3. The number of aliphatic hydroxyl groups is 1. The molecule has 0 saturated carbocycles. The summed E-state index contributed by atoms with van der Waals surface area (Å²) in [6, 6.07) is 6.88. The van der Waals surface area contributed by atoms with Crippen LogP contribution < -0.4 is 4.74 Å². The van der Waals surface area contributed by atoms with Gasteiger partial charge in [-0.1, -0.05) is 6.07 Å². The van der Waals surface area contributed by atoms with E-state index in [9.17, 15) is 23.1 Å². The summed E-state index contributed by atoms with van der Waals surface area (Å²) in [5.41, 5.74) is 0.578. The van der Waals surface area contributed by atoms with Gasteiger partial charge in [-0.3, -0.25) is 4.79 Å². The number of ether oxygens (including phenoxy) is 2. The minimum atomic E-state index is -1.62. The highest BCUT2D eigenvalue weighted by atomic mass is 19.2. The molecule has 7 nitrogen and oxygen atoms in total. The van der Waals surface area contributed by atoms with E-state index in [2.05, 4.69) is 4.98 Å². The summed E-state index contributed by atoms with van der Waals surface area (Å²) in [7, 11) is 1.53. The third-order valence-corrected chi connectivity index (χ3v) is 6.22. The number of aliphatic hydroxyl groups excluding tert-OH is 1. The Bertz CT molecular complexity index is 1320. The molecule has 0 bridgehead atoms. The van der Waals surface area contributed by atoms with Gasteiger partial charge in [0.2, 0.25) is 0 Å². The Labute approximate surface area is 206 Å². The second-order valence-corrected chi connectivity index (χ2v) is 8.89. The monoisotopic (exact) mass is 501 g/mol. The van der Waals surface area contributed by atoms with Crippen molar-refractivity contribution in [3.05, 3.63) is 82.9 Å². The molecule has 1 amide bonds. The van der Waals surface area contributed by atoms with Gasteiger partial charge in [-0.2, -0.15) is 0 Å². The summed E-state index contributed by atoms with van der Waals surface area (Å²) in [6.07, 6.45) is 4.54. The molecule has 0 unspecified atom stereocenters.